The largest absolute Gasteiger partial charge is 0.322 e. The van der Waals surface area contributed by atoms with Gasteiger partial charge in [-0.1, -0.05) is 47.0 Å². The molecule has 6 nitrogen and oxygen atoms in total. The molecule has 0 bridgehead atoms. The van der Waals surface area contributed by atoms with Crippen molar-refractivity contribution in [3.63, 3.8) is 0 Å². The Balaban J connectivity index is 1.64. The van der Waals surface area contributed by atoms with Crippen LogP contribution in [0.25, 0.3) is 0 Å². The van der Waals surface area contributed by atoms with E-state index in [9.17, 15) is 14.4 Å². The van der Waals surface area contributed by atoms with Crippen LogP contribution in [0.4, 0.5) is 5.69 Å². The van der Waals surface area contributed by atoms with Crippen LogP contribution in [0.3, 0.4) is 0 Å². The van der Waals surface area contributed by atoms with E-state index in [1.54, 1.807) is 36.4 Å². The molecule has 0 atom stereocenters. The van der Waals surface area contributed by atoms with E-state index in [-0.39, 0.29) is 22.1 Å². The minimum atomic E-state index is -0.589. The Morgan fingerprint density at radius 1 is 0.733 bits per heavy atom. The lowest BCUT2D eigenvalue weighted by molar-refractivity contribution is 0.0847. The number of hydrazine groups is 1. The van der Waals surface area contributed by atoms with Crippen molar-refractivity contribution < 1.29 is 14.4 Å². The van der Waals surface area contributed by atoms with Crippen molar-refractivity contribution in [2.75, 3.05) is 5.32 Å². The van der Waals surface area contributed by atoms with Crippen molar-refractivity contribution in [2.45, 2.75) is 6.92 Å². The van der Waals surface area contributed by atoms with E-state index in [0.717, 1.165) is 5.56 Å². The molecule has 152 valence electrons. The fourth-order valence-electron chi connectivity index (χ4n) is 2.65. The van der Waals surface area contributed by atoms with E-state index in [0.29, 0.717) is 16.3 Å². The zero-order valence-corrected chi connectivity index (χ0v) is 17.3. The predicted molar refractivity (Wildman–Crippen MR) is 117 cm³/mol. The smallest absolute Gasteiger partial charge is 0.271 e. The van der Waals surface area contributed by atoms with Crippen LogP contribution in [-0.4, -0.2) is 17.7 Å². The molecule has 0 unspecified atom stereocenters. The summed E-state index contributed by atoms with van der Waals surface area (Å²) in [6, 6.07) is 17.9. The number of carbonyl (C=O) groups excluding carboxylic acids is 3. The molecule has 0 aromatic heterocycles. The Hall–Kier alpha value is -3.35. The number of carbonyl (C=O) groups is 3. The number of hydrogen-bond acceptors (Lipinski definition) is 3. The average molecular weight is 442 g/mol. The van der Waals surface area contributed by atoms with Gasteiger partial charge in [-0.15, -0.1) is 0 Å². The highest BCUT2D eigenvalue weighted by atomic mass is 35.5. The van der Waals surface area contributed by atoms with Crippen LogP contribution < -0.4 is 16.2 Å². The first-order valence-electron chi connectivity index (χ1n) is 8.87. The van der Waals surface area contributed by atoms with Gasteiger partial charge in [0.1, 0.15) is 0 Å². The Bertz CT molecular complexity index is 1130. The molecule has 0 aliphatic heterocycles. The molecular weight excluding hydrogens is 425 g/mol. The lowest BCUT2D eigenvalue weighted by Gasteiger charge is -2.10. The van der Waals surface area contributed by atoms with Gasteiger partial charge in [0.2, 0.25) is 0 Å². The summed E-state index contributed by atoms with van der Waals surface area (Å²) in [5.74, 6) is -1.43. The summed E-state index contributed by atoms with van der Waals surface area (Å²) >= 11 is 11.8. The van der Waals surface area contributed by atoms with Crippen LogP contribution in [0.1, 0.15) is 36.6 Å². The van der Waals surface area contributed by atoms with E-state index < -0.39 is 11.8 Å². The third-order valence-electron chi connectivity index (χ3n) is 4.13. The highest BCUT2D eigenvalue weighted by Gasteiger charge is 2.13. The molecule has 0 spiro atoms. The first kappa shape index (κ1) is 21.4. The Morgan fingerprint density at radius 3 is 2.10 bits per heavy atom. The summed E-state index contributed by atoms with van der Waals surface area (Å²) in [6.45, 7) is 1.90. The fourth-order valence-corrected chi connectivity index (χ4v) is 3.15. The summed E-state index contributed by atoms with van der Waals surface area (Å²) < 4.78 is 0. The molecule has 0 radical (unpaired) electrons. The molecule has 0 aliphatic carbocycles. The van der Waals surface area contributed by atoms with Crippen molar-refractivity contribution in [3.8, 4) is 0 Å². The Labute approximate surface area is 183 Å². The van der Waals surface area contributed by atoms with E-state index in [1.807, 2.05) is 13.0 Å². The summed E-state index contributed by atoms with van der Waals surface area (Å²) in [4.78, 5) is 37.0. The molecule has 3 N–H and O–H groups in total. The van der Waals surface area contributed by atoms with Crippen LogP contribution in [0.15, 0.2) is 66.7 Å². The fraction of sp³-hybridized carbons (Fsp3) is 0.0455. The van der Waals surface area contributed by atoms with Crippen molar-refractivity contribution >= 4 is 46.6 Å². The van der Waals surface area contributed by atoms with E-state index >= 15 is 0 Å². The number of aryl methyl sites for hydroxylation is 1. The molecule has 0 saturated heterocycles. The van der Waals surface area contributed by atoms with Crippen LogP contribution in [-0.2, 0) is 0 Å². The normalized spacial score (nSPS) is 10.2. The highest BCUT2D eigenvalue weighted by Crippen LogP contribution is 2.20. The maximum atomic E-state index is 12.4. The van der Waals surface area contributed by atoms with Gasteiger partial charge in [-0.05, 0) is 55.5 Å². The highest BCUT2D eigenvalue weighted by molar-refractivity contribution is 6.36. The molecule has 0 aliphatic rings. The second-order valence-electron chi connectivity index (χ2n) is 6.44. The number of benzene rings is 3. The van der Waals surface area contributed by atoms with Crippen LogP contribution in [0, 0.1) is 6.92 Å². The van der Waals surface area contributed by atoms with Gasteiger partial charge in [-0.2, -0.15) is 0 Å². The minimum absolute atomic E-state index is 0.162. The Kier molecular flexibility index (Phi) is 6.72. The molecule has 0 heterocycles. The van der Waals surface area contributed by atoms with Gasteiger partial charge in [0.25, 0.3) is 17.7 Å². The number of rotatable bonds is 4. The predicted octanol–water partition coefficient (Wildman–Crippen LogP) is 4.63. The minimum Gasteiger partial charge on any atom is -0.322 e. The lowest BCUT2D eigenvalue weighted by atomic mass is 10.1. The summed E-state index contributed by atoms with van der Waals surface area (Å²) in [5, 5.41) is 3.30. The van der Waals surface area contributed by atoms with E-state index in [1.165, 1.54) is 24.3 Å². The van der Waals surface area contributed by atoms with Gasteiger partial charge in [0.05, 0.1) is 10.6 Å². The van der Waals surface area contributed by atoms with Gasteiger partial charge in [0, 0.05) is 21.8 Å². The van der Waals surface area contributed by atoms with E-state index in [4.69, 9.17) is 23.2 Å². The first-order valence-corrected chi connectivity index (χ1v) is 9.63. The standard InChI is InChI=1S/C22H17Cl2N3O3/c1-13-4-2-5-14(10-13)20(28)25-17-7-3-6-15(11-17)21(29)26-27-22(30)18-9-8-16(23)12-19(18)24/h2-12H,1H3,(H,25,28)(H,26,29)(H,27,30). The number of anilines is 1. The molecule has 0 fully saturated rings. The molecule has 3 amide bonds. The maximum absolute atomic E-state index is 12.4. The second-order valence-corrected chi connectivity index (χ2v) is 7.28. The van der Waals surface area contributed by atoms with Gasteiger partial charge in [0.15, 0.2) is 0 Å². The van der Waals surface area contributed by atoms with Crippen LogP contribution >= 0.6 is 23.2 Å². The second kappa shape index (κ2) is 9.43. The third kappa shape index (κ3) is 5.37. The van der Waals surface area contributed by atoms with Crippen molar-refractivity contribution in [3.05, 3.63) is 99.0 Å². The molecule has 8 heteroatoms. The van der Waals surface area contributed by atoms with Crippen LogP contribution in [0.5, 0.6) is 0 Å². The topological polar surface area (TPSA) is 87.3 Å². The van der Waals surface area contributed by atoms with Crippen molar-refractivity contribution in [1.29, 1.82) is 0 Å². The average Bonchev–Trinajstić information content (AvgIpc) is 2.72. The molecule has 3 aromatic carbocycles. The summed E-state index contributed by atoms with van der Waals surface area (Å²) in [7, 11) is 0. The number of halogens is 2. The molecule has 3 rings (SSSR count). The van der Waals surface area contributed by atoms with Gasteiger partial charge >= 0.3 is 0 Å². The van der Waals surface area contributed by atoms with Crippen molar-refractivity contribution in [1.82, 2.24) is 10.9 Å². The molecular formula is C22H17Cl2N3O3. The quantitative estimate of drug-likeness (QED) is 0.515. The molecule has 3 aromatic rings. The summed E-state index contributed by atoms with van der Waals surface area (Å²) in [6.07, 6.45) is 0. The third-order valence-corrected chi connectivity index (χ3v) is 4.68. The number of amides is 3. The number of hydrogen-bond donors (Lipinski definition) is 3. The van der Waals surface area contributed by atoms with Gasteiger partial charge < -0.3 is 5.32 Å². The van der Waals surface area contributed by atoms with Crippen molar-refractivity contribution in [2.24, 2.45) is 0 Å². The van der Waals surface area contributed by atoms with Crippen LogP contribution in [0.2, 0.25) is 10.0 Å². The first-order chi connectivity index (χ1) is 14.3. The molecule has 30 heavy (non-hydrogen) atoms. The monoisotopic (exact) mass is 441 g/mol. The van der Waals surface area contributed by atoms with E-state index in [2.05, 4.69) is 16.2 Å². The van der Waals surface area contributed by atoms with Gasteiger partial charge in [-0.25, -0.2) is 0 Å². The molecule has 0 saturated carbocycles. The zero-order chi connectivity index (χ0) is 21.7. The number of nitrogens with one attached hydrogen (secondary N) is 3. The maximum Gasteiger partial charge on any atom is 0.271 e. The SMILES string of the molecule is Cc1cccc(C(=O)Nc2cccc(C(=O)NNC(=O)c3ccc(Cl)cc3Cl)c2)c1. The zero-order valence-electron chi connectivity index (χ0n) is 15.8. The Morgan fingerprint density at radius 2 is 1.40 bits per heavy atom. The lowest BCUT2D eigenvalue weighted by Crippen LogP contribution is -2.41. The summed E-state index contributed by atoms with van der Waals surface area (Å²) in [5.41, 5.74) is 6.95. The van der Waals surface area contributed by atoms with Gasteiger partial charge in [-0.3, -0.25) is 25.2 Å².